The van der Waals surface area contributed by atoms with Gasteiger partial charge in [0.1, 0.15) is 0 Å². The van der Waals surface area contributed by atoms with Gasteiger partial charge in [-0.2, -0.15) is 0 Å². The molecule has 4 nitrogen and oxygen atoms in total. The first-order chi connectivity index (χ1) is 11.6. The average Bonchev–Trinajstić information content (AvgIpc) is 2.54. The minimum absolute atomic E-state index is 0.00329. The van der Waals surface area contributed by atoms with Crippen molar-refractivity contribution in [2.45, 2.75) is 58.4 Å². The first-order valence-electron chi connectivity index (χ1n) is 9.18. The van der Waals surface area contributed by atoms with E-state index in [1.54, 1.807) is 4.90 Å². The summed E-state index contributed by atoms with van der Waals surface area (Å²) >= 11 is 0. The summed E-state index contributed by atoms with van der Waals surface area (Å²) in [5.41, 5.74) is 1.12. The molecule has 1 aromatic rings. The quantitative estimate of drug-likeness (QED) is 0.865. The third kappa shape index (κ3) is 5.99. The molecular weight excluding hydrogens is 300 g/mol. The van der Waals surface area contributed by atoms with Crippen LogP contribution in [0.1, 0.15) is 64.0 Å². The monoisotopic (exact) mass is 330 g/mol. The fraction of sp³-hybridized carbons (Fsp3) is 0.600. The van der Waals surface area contributed by atoms with E-state index in [9.17, 15) is 9.59 Å². The number of nitrogens with one attached hydrogen (secondary N) is 1. The van der Waals surface area contributed by atoms with Gasteiger partial charge in [-0.15, -0.1) is 0 Å². The summed E-state index contributed by atoms with van der Waals surface area (Å²) in [6.45, 7) is 5.19. The molecule has 0 saturated carbocycles. The van der Waals surface area contributed by atoms with E-state index in [0.29, 0.717) is 18.9 Å². The molecule has 1 saturated heterocycles. The molecule has 132 valence electrons. The van der Waals surface area contributed by atoms with Gasteiger partial charge in [0.15, 0.2) is 0 Å². The summed E-state index contributed by atoms with van der Waals surface area (Å²) in [5, 5.41) is 3.14. The Bertz CT molecular complexity index is 528. The van der Waals surface area contributed by atoms with Gasteiger partial charge >= 0.3 is 0 Å². The number of carbonyl (C=O) groups is 2. The van der Waals surface area contributed by atoms with Gasteiger partial charge in [0.2, 0.25) is 11.8 Å². The van der Waals surface area contributed by atoms with Gasteiger partial charge in [0.05, 0.1) is 12.6 Å². The van der Waals surface area contributed by atoms with Crippen LogP contribution in [-0.4, -0.2) is 29.8 Å². The molecule has 1 aliphatic rings. The Morgan fingerprint density at radius 3 is 2.54 bits per heavy atom. The van der Waals surface area contributed by atoms with E-state index in [2.05, 4.69) is 31.3 Å². The fourth-order valence-corrected chi connectivity index (χ4v) is 3.23. The summed E-state index contributed by atoms with van der Waals surface area (Å²) in [6.07, 6.45) is 5.66. The second-order valence-corrected chi connectivity index (χ2v) is 7.14. The van der Waals surface area contributed by atoms with Crippen molar-refractivity contribution in [2.75, 3.05) is 13.1 Å². The topological polar surface area (TPSA) is 49.4 Å². The van der Waals surface area contributed by atoms with E-state index in [4.69, 9.17) is 0 Å². The Morgan fingerprint density at radius 1 is 1.12 bits per heavy atom. The second-order valence-electron chi connectivity index (χ2n) is 7.14. The molecule has 1 atom stereocenters. The molecule has 0 radical (unpaired) electrons. The van der Waals surface area contributed by atoms with Gasteiger partial charge in [-0.05, 0) is 30.7 Å². The van der Waals surface area contributed by atoms with Crippen LogP contribution in [0, 0.1) is 5.92 Å². The van der Waals surface area contributed by atoms with E-state index < -0.39 is 0 Å². The van der Waals surface area contributed by atoms with Gasteiger partial charge in [-0.1, -0.05) is 57.0 Å². The molecule has 4 heteroatoms. The van der Waals surface area contributed by atoms with Crippen LogP contribution in [0.2, 0.25) is 0 Å². The molecule has 1 aromatic carbocycles. The van der Waals surface area contributed by atoms with Crippen molar-refractivity contribution in [2.24, 2.45) is 5.92 Å². The maximum Gasteiger partial charge on any atom is 0.240 e. The average molecular weight is 330 g/mol. The van der Waals surface area contributed by atoms with Crippen LogP contribution >= 0.6 is 0 Å². The van der Waals surface area contributed by atoms with Crippen LogP contribution in [0.5, 0.6) is 0 Å². The standard InChI is InChI=1S/C20H30N2O2/c1-16(2)14-18(17-10-6-5-7-11-17)21-19(23)15-22-13-9-4-3-8-12-20(22)24/h5-7,10-11,16,18H,3-4,8-9,12-15H2,1-2H3,(H,21,23). The van der Waals surface area contributed by atoms with Crippen molar-refractivity contribution in [3.63, 3.8) is 0 Å². The number of hydrogen-bond acceptors (Lipinski definition) is 2. The molecule has 1 heterocycles. The van der Waals surface area contributed by atoms with Crippen LogP contribution in [0.25, 0.3) is 0 Å². The largest absolute Gasteiger partial charge is 0.348 e. The van der Waals surface area contributed by atoms with Gasteiger partial charge in [-0.25, -0.2) is 0 Å². The molecule has 0 bridgehead atoms. The summed E-state index contributed by atoms with van der Waals surface area (Å²) in [6, 6.07) is 10.1. The zero-order chi connectivity index (χ0) is 17.4. The summed E-state index contributed by atoms with van der Waals surface area (Å²) in [4.78, 5) is 26.4. The van der Waals surface area contributed by atoms with Crippen molar-refractivity contribution in [1.29, 1.82) is 0 Å². The molecule has 1 unspecified atom stereocenters. The van der Waals surface area contributed by atoms with Crippen molar-refractivity contribution in [3.8, 4) is 0 Å². The summed E-state index contributed by atoms with van der Waals surface area (Å²) in [5.74, 6) is 0.544. The predicted molar refractivity (Wildman–Crippen MR) is 96.4 cm³/mol. The molecule has 24 heavy (non-hydrogen) atoms. The van der Waals surface area contributed by atoms with Crippen molar-refractivity contribution in [3.05, 3.63) is 35.9 Å². The molecule has 2 amide bonds. The summed E-state index contributed by atoms with van der Waals surface area (Å²) in [7, 11) is 0. The lowest BCUT2D eigenvalue weighted by Crippen LogP contribution is -2.42. The highest BCUT2D eigenvalue weighted by atomic mass is 16.2. The van der Waals surface area contributed by atoms with Crippen molar-refractivity contribution < 1.29 is 9.59 Å². The fourth-order valence-electron chi connectivity index (χ4n) is 3.23. The van der Waals surface area contributed by atoms with Crippen molar-refractivity contribution in [1.82, 2.24) is 10.2 Å². The maximum atomic E-state index is 12.5. The molecule has 0 aromatic heterocycles. The van der Waals surface area contributed by atoms with Crippen LogP contribution in [0.3, 0.4) is 0 Å². The normalized spacial score (nSPS) is 17.3. The van der Waals surface area contributed by atoms with Crippen LogP contribution in [0.4, 0.5) is 0 Å². The Hall–Kier alpha value is -1.84. The van der Waals surface area contributed by atoms with Gasteiger partial charge in [0, 0.05) is 13.0 Å². The molecule has 1 N–H and O–H groups in total. The minimum Gasteiger partial charge on any atom is -0.348 e. The number of rotatable bonds is 6. The molecular formula is C20H30N2O2. The highest BCUT2D eigenvalue weighted by Gasteiger charge is 2.21. The molecule has 2 rings (SSSR count). The van der Waals surface area contributed by atoms with Crippen LogP contribution in [0.15, 0.2) is 30.3 Å². The SMILES string of the molecule is CC(C)CC(NC(=O)CN1CCCCCCC1=O)c1ccccc1. The Labute approximate surface area is 145 Å². The van der Waals surface area contributed by atoms with Crippen LogP contribution in [-0.2, 0) is 9.59 Å². The number of carbonyl (C=O) groups excluding carboxylic acids is 2. The zero-order valence-corrected chi connectivity index (χ0v) is 15.0. The number of amides is 2. The Kier molecular flexibility index (Phi) is 7.29. The second kappa shape index (κ2) is 9.45. The Morgan fingerprint density at radius 2 is 1.83 bits per heavy atom. The predicted octanol–water partition coefficient (Wildman–Crippen LogP) is 3.68. The molecule has 1 fully saturated rings. The summed E-state index contributed by atoms with van der Waals surface area (Å²) < 4.78 is 0. The molecule has 0 spiro atoms. The number of nitrogens with zero attached hydrogens (tertiary/aromatic N) is 1. The highest BCUT2D eigenvalue weighted by Crippen LogP contribution is 2.21. The first kappa shape index (κ1) is 18.5. The lowest BCUT2D eigenvalue weighted by molar-refractivity contribution is -0.136. The third-order valence-electron chi connectivity index (χ3n) is 4.50. The van der Waals surface area contributed by atoms with Crippen LogP contribution < -0.4 is 5.32 Å². The lowest BCUT2D eigenvalue weighted by atomic mass is 9.97. The lowest BCUT2D eigenvalue weighted by Gasteiger charge is -2.26. The van der Waals surface area contributed by atoms with Gasteiger partial charge < -0.3 is 10.2 Å². The first-order valence-corrected chi connectivity index (χ1v) is 9.18. The maximum absolute atomic E-state index is 12.5. The third-order valence-corrected chi connectivity index (χ3v) is 4.50. The van der Waals surface area contributed by atoms with Gasteiger partial charge in [-0.3, -0.25) is 9.59 Å². The minimum atomic E-state index is -0.0570. The Balaban J connectivity index is 1.97. The smallest absolute Gasteiger partial charge is 0.240 e. The van der Waals surface area contributed by atoms with Gasteiger partial charge in [0.25, 0.3) is 0 Å². The van der Waals surface area contributed by atoms with E-state index in [1.807, 2.05) is 18.2 Å². The van der Waals surface area contributed by atoms with E-state index in [0.717, 1.165) is 37.7 Å². The molecule has 0 aliphatic carbocycles. The number of likely N-dealkylation sites (tertiary alicyclic amines) is 1. The van der Waals surface area contributed by atoms with E-state index in [1.165, 1.54) is 0 Å². The number of hydrogen-bond donors (Lipinski definition) is 1. The number of benzene rings is 1. The van der Waals surface area contributed by atoms with E-state index >= 15 is 0 Å². The van der Waals surface area contributed by atoms with E-state index in [-0.39, 0.29) is 24.4 Å². The zero-order valence-electron chi connectivity index (χ0n) is 15.0. The highest BCUT2D eigenvalue weighted by molar-refractivity contribution is 5.85. The van der Waals surface area contributed by atoms with Crippen molar-refractivity contribution >= 4 is 11.8 Å². The molecule has 1 aliphatic heterocycles.